The second-order valence-electron chi connectivity index (χ2n) is 12.6. The van der Waals surface area contributed by atoms with Gasteiger partial charge in [-0.1, -0.05) is 58.1 Å². The van der Waals surface area contributed by atoms with Crippen LogP contribution in [0.2, 0.25) is 0 Å². The smallest absolute Gasteiger partial charge is 0.309 e. The summed E-state index contributed by atoms with van der Waals surface area (Å²) in [5.74, 6) is -0.680. The molecule has 0 aliphatic carbocycles. The lowest BCUT2D eigenvalue weighted by molar-refractivity contribution is -0.161. The van der Waals surface area contributed by atoms with Gasteiger partial charge >= 0.3 is 5.97 Å². The molecule has 3 aliphatic rings. The predicted molar refractivity (Wildman–Crippen MR) is 157 cm³/mol. The Morgan fingerprint density at radius 3 is 2.50 bits per heavy atom. The van der Waals surface area contributed by atoms with E-state index in [-0.39, 0.29) is 36.3 Å². The molecule has 7 nitrogen and oxygen atoms in total. The number of carbonyl (C=O) groups excluding carboxylic acids is 1. The molecule has 4 bridgehead atoms. The van der Waals surface area contributed by atoms with Gasteiger partial charge in [-0.25, -0.2) is 0 Å². The zero-order valence-corrected chi connectivity index (χ0v) is 25.3. The molecule has 0 unspecified atom stereocenters. The molecule has 0 aromatic heterocycles. The number of hydrogen-bond donors (Lipinski definition) is 3. The maximum absolute atomic E-state index is 13.0. The van der Waals surface area contributed by atoms with Crippen LogP contribution in [0.4, 0.5) is 0 Å². The predicted octanol–water partition coefficient (Wildman–Crippen LogP) is 5.42. The minimum Gasteiger partial charge on any atom is -0.459 e. The number of ether oxygens (including phenoxy) is 3. The van der Waals surface area contributed by atoms with Crippen molar-refractivity contribution in [2.45, 2.75) is 148 Å². The molecule has 0 spiro atoms. The lowest BCUT2D eigenvalue weighted by atomic mass is 9.87. The van der Waals surface area contributed by atoms with Gasteiger partial charge in [0.25, 0.3) is 0 Å². The number of allylic oxidation sites excluding steroid dienone is 3. The fourth-order valence-corrected chi connectivity index (χ4v) is 6.20. The zero-order valence-electron chi connectivity index (χ0n) is 25.3. The van der Waals surface area contributed by atoms with Gasteiger partial charge in [0.15, 0.2) is 0 Å². The van der Waals surface area contributed by atoms with Crippen molar-refractivity contribution < 1.29 is 34.3 Å². The molecule has 3 N–H and O–H groups in total. The van der Waals surface area contributed by atoms with Crippen molar-refractivity contribution in [2.24, 2.45) is 17.8 Å². The van der Waals surface area contributed by atoms with Gasteiger partial charge in [0.1, 0.15) is 12.2 Å². The average Bonchev–Trinajstić information content (AvgIpc) is 3.48. The Balaban J connectivity index is 1.74. The molecule has 3 heterocycles. The van der Waals surface area contributed by atoms with Crippen LogP contribution in [0.15, 0.2) is 36.0 Å². The van der Waals surface area contributed by atoms with E-state index < -0.39 is 30.3 Å². The van der Waals surface area contributed by atoms with E-state index >= 15 is 0 Å². The zero-order chi connectivity index (χ0) is 29.4. The first kappa shape index (κ1) is 33.0. The van der Waals surface area contributed by atoms with Gasteiger partial charge in [-0.05, 0) is 76.2 Å². The molecule has 228 valence electrons. The van der Waals surface area contributed by atoms with Crippen LogP contribution >= 0.6 is 0 Å². The van der Waals surface area contributed by atoms with Crippen molar-refractivity contribution in [3.8, 4) is 0 Å². The highest BCUT2D eigenvalue weighted by atomic mass is 16.6. The Morgan fingerprint density at radius 1 is 1.10 bits per heavy atom. The van der Waals surface area contributed by atoms with E-state index in [2.05, 4.69) is 38.7 Å². The molecule has 0 aromatic carbocycles. The second-order valence-corrected chi connectivity index (χ2v) is 12.6. The van der Waals surface area contributed by atoms with Gasteiger partial charge in [0, 0.05) is 12.3 Å². The molecule has 11 atom stereocenters. The van der Waals surface area contributed by atoms with Crippen LogP contribution in [0.25, 0.3) is 0 Å². The Labute approximate surface area is 241 Å². The summed E-state index contributed by atoms with van der Waals surface area (Å²) in [4.78, 5) is 13.0. The van der Waals surface area contributed by atoms with Gasteiger partial charge in [-0.2, -0.15) is 0 Å². The number of fused-ring (bicyclic) bond motifs is 5. The summed E-state index contributed by atoms with van der Waals surface area (Å²) < 4.78 is 18.6. The lowest BCUT2D eigenvalue weighted by Crippen LogP contribution is -2.39. The van der Waals surface area contributed by atoms with Crippen LogP contribution in [0.1, 0.15) is 98.8 Å². The number of cyclic esters (lactones) is 1. The number of rotatable bonds is 5. The van der Waals surface area contributed by atoms with Crippen molar-refractivity contribution in [1.82, 2.24) is 0 Å². The maximum atomic E-state index is 13.0. The van der Waals surface area contributed by atoms with Gasteiger partial charge in [0.05, 0.1) is 42.5 Å². The van der Waals surface area contributed by atoms with Gasteiger partial charge in [-0.3, -0.25) is 4.79 Å². The summed E-state index contributed by atoms with van der Waals surface area (Å²) in [7, 11) is 0. The molecule has 3 rings (SSSR count). The van der Waals surface area contributed by atoms with Crippen LogP contribution in [0.3, 0.4) is 0 Å². The second kappa shape index (κ2) is 15.6. The molecule has 3 aliphatic heterocycles. The summed E-state index contributed by atoms with van der Waals surface area (Å²) in [6.07, 6.45) is 10.4. The van der Waals surface area contributed by atoms with E-state index in [0.717, 1.165) is 38.5 Å². The topological polar surface area (TPSA) is 105 Å². The quantitative estimate of drug-likeness (QED) is 0.304. The summed E-state index contributed by atoms with van der Waals surface area (Å²) in [6, 6.07) is 0. The fourth-order valence-electron chi connectivity index (χ4n) is 6.20. The number of aliphatic hydroxyl groups is 3. The van der Waals surface area contributed by atoms with Crippen molar-refractivity contribution in [3.05, 3.63) is 36.0 Å². The molecule has 40 heavy (non-hydrogen) atoms. The summed E-state index contributed by atoms with van der Waals surface area (Å²) in [5, 5.41) is 32.2. The molecule has 7 heteroatoms. The largest absolute Gasteiger partial charge is 0.459 e. The van der Waals surface area contributed by atoms with Crippen molar-refractivity contribution >= 4 is 5.97 Å². The SMILES string of the molecule is C=C([C@H](O)CC)[C@@H](C)[C@@H](O)[C@@H]1CCC/C(C)=C/[C@H]2O[C@H](C[C@@H]2C)[C@H]2O[C@@H](CC/C=C/CC[C@@H](C)C(=O)O1)C[C@H]2O. The summed E-state index contributed by atoms with van der Waals surface area (Å²) in [5.41, 5.74) is 1.75. The third-order valence-electron chi connectivity index (χ3n) is 9.16. The van der Waals surface area contributed by atoms with E-state index in [1.165, 1.54) is 5.57 Å². The number of carbonyl (C=O) groups is 1. The summed E-state index contributed by atoms with van der Waals surface area (Å²) in [6.45, 7) is 13.9. The number of aliphatic hydroxyl groups excluding tert-OH is 3. The first-order valence-corrected chi connectivity index (χ1v) is 15.6. The monoisotopic (exact) mass is 562 g/mol. The third-order valence-corrected chi connectivity index (χ3v) is 9.16. The van der Waals surface area contributed by atoms with E-state index in [4.69, 9.17) is 14.2 Å². The van der Waals surface area contributed by atoms with Gasteiger partial charge < -0.3 is 29.5 Å². The van der Waals surface area contributed by atoms with Gasteiger partial charge in [-0.15, -0.1) is 0 Å². The molecule has 2 saturated heterocycles. The molecule has 0 amide bonds. The summed E-state index contributed by atoms with van der Waals surface area (Å²) >= 11 is 0. The molecule has 0 aromatic rings. The Morgan fingerprint density at radius 2 is 1.80 bits per heavy atom. The number of hydrogen-bond acceptors (Lipinski definition) is 7. The lowest BCUT2D eigenvalue weighted by Gasteiger charge is -2.31. The molecule has 0 saturated carbocycles. The average molecular weight is 563 g/mol. The highest BCUT2D eigenvalue weighted by molar-refractivity contribution is 5.72. The highest BCUT2D eigenvalue weighted by Crippen LogP contribution is 2.37. The highest BCUT2D eigenvalue weighted by Gasteiger charge is 2.44. The minimum absolute atomic E-state index is 0.0307. The minimum atomic E-state index is -0.948. The first-order chi connectivity index (χ1) is 19.0. The van der Waals surface area contributed by atoms with Crippen molar-refractivity contribution in [1.29, 1.82) is 0 Å². The Hall–Kier alpha value is -1.51. The normalized spacial score (nSPS) is 39.2. The van der Waals surface area contributed by atoms with Crippen molar-refractivity contribution in [3.63, 3.8) is 0 Å². The Bertz CT molecular complexity index is 882. The van der Waals surface area contributed by atoms with Crippen molar-refractivity contribution in [2.75, 3.05) is 0 Å². The van der Waals surface area contributed by atoms with Crippen LogP contribution in [-0.4, -0.2) is 70.1 Å². The Kier molecular flexibility index (Phi) is 12.9. The molecule has 0 radical (unpaired) electrons. The van der Waals surface area contributed by atoms with Crippen LogP contribution in [0, 0.1) is 17.8 Å². The van der Waals surface area contributed by atoms with E-state index in [0.29, 0.717) is 37.2 Å². The van der Waals surface area contributed by atoms with E-state index in [1.54, 1.807) is 0 Å². The standard InChI is InChI=1S/C33H54O7/c1-7-26(34)23(5)24(6)31(36)28-16-12-13-20(2)17-29-22(4)18-30(39-29)32-27(35)19-25(38-32)15-11-9-8-10-14-21(3)33(37)40-28/h8-9,17,21-22,24-32,34-36H,5,7,10-16,18-19H2,1-4,6H3/b9-8+,20-17+/t21-,22+,24-,25+,26-,27-,28+,29-,30-,31-,32+/m1/s1. The van der Waals surface area contributed by atoms with E-state index in [1.807, 2.05) is 20.8 Å². The molecule has 2 fully saturated rings. The van der Waals surface area contributed by atoms with Crippen LogP contribution < -0.4 is 0 Å². The molecular weight excluding hydrogens is 508 g/mol. The van der Waals surface area contributed by atoms with Crippen LogP contribution in [-0.2, 0) is 19.0 Å². The fraction of sp³-hybridized carbons (Fsp3) is 0.788. The number of esters is 1. The third kappa shape index (κ3) is 8.99. The van der Waals surface area contributed by atoms with Gasteiger partial charge in [0.2, 0.25) is 0 Å². The molecular formula is C33H54O7. The first-order valence-electron chi connectivity index (χ1n) is 15.6. The van der Waals surface area contributed by atoms with E-state index in [9.17, 15) is 20.1 Å². The van der Waals surface area contributed by atoms with Crippen LogP contribution in [0.5, 0.6) is 0 Å². The maximum Gasteiger partial charge on any atom is 0.309 e.